The predicted molar refractivity (Wildman–Crippen MR) is 121 cm³/mol. The van der Waals surface area contributed by atoms with Crippen molar-refractivity contribution in [3.05, 3.63) is 41.7 Å². The quantitative estimate of drug-likeness (QED) is 0.208. The molecule has 4 aromatic rings. The Morgan fingerprint density at radius 2 is 2.09 bits per heavy atom. The van der Waals surface area contributed by atoms with Crippen LogP contribution in [0.1, 0.15) is 54.7 Å². The zero-order valence-corrected chi connectivity index (χ0v) is 18.4. The number of nitrogens with zero attached hydrogens (tertiary/aromatic N) is 5. The van der Waals surface area contributed by atoms with Gasteiger partial charge in [0.15, 0.2) is 28.7 Å². The van der Waals surface area contributed by atoms with E-state index in [0.29, 0.717) is 28.7 Å². The Labute approximate surface area is 188 Å². The molecule has 5 rings (SSSR count). The number of carbonyl (C=O) groups is 1. The van der Waals surface area contributed by atoms with Gasteiger partial charge in [0.1, 0.15) is 17.7 Å². The number of amides is 1. The molecular weight excluding hydrogens is 424 g/mol. The number of hydrogen-bond acceptors (Lipinski definition) is 10. The summed E-state index contributed by atoms with van der Waals surface area (Å²) in [7, 11) is 1.67. The van der Waals surface area contributed by atoms with Gasteiger partial charge in [0, 0.05) is 24.2 Å². The molecular formula is C21H24N10O2. The van der Waals surface area contributed by atoms with Crippen molar-refractivity contribution >= 4 is 28.6 Å². The van der Waals surface area contributed by atoms with E-state index < -0.39 is 11.9 Å². The molecule has 0 spiro atoms. The first-order valence-corrected chi connectivity index (χ1v) is 10.6. The van der Waals surface area contributed by atoms with Gasteiger partial charge in [-0.15, -0.1) is 0 Å². The Morgan fingerprint density at radius 3 is 2.82 bits per heavy atom. The molecule has 0 radical (unpaired) electrons. The summed E-state index contributed by atoms with van der Waals surface area (Å²) in [5.74, 6) is 6.52. The fourth-order valence-corrected chi connectivity index (χ4v) is 3.62. The van der Waals surface area contributed by atoms with Crippen molar-refractivity contribution < 1.29 is 9.32 Å². The van der Waals surface area contributed by atoms with Gasteiger partial charge in [-0.05, 0) is 31.9 Å². The van der Waals surface area contributed by atoms with Gasteiger partial charge in [-0.2, -0.15) is 0 Å². The Bertz CT molecular complexity index is 1340. The molecule has 170 valence electrons. The number of anilines is 2. The van der Waals surface area contributed by atoms with Gasteiger partial charge in [-0.25, -0.2) is 19.9 Å². The number of aromatic nitrogens is 6. The molecule has 12 nitrogen and oxygen atoms in total. The Morgan fingerprint density at radius 1 is 1.27 bits per heavy atom. The fraction of sp³-hybridized carbons (Fsp3) is 0.333. The number of nitrogen functional groups attached to an aromatic ring is 1. The monoisotopic (exact) mass is 448 g/mol. The number of fused-ring (bicyclic) bond motifs is 1. The number of imidazole rings is 1. The summed E-state index contributed by atoms with van der Waals surface area (Å²) in [4.78, 5) is 33.4. The van der Waals surface area contributed by atoms with Crippen LogP contribution in [0.15, 0.2) is 29.0 Å². The van der Waals surface area contributed by atoms with Crippen molar-refractivity contribution in [2.75, 3.05) is 17.8 Å². The molecule has 0 saturated heterocycles. The van der Waals surface area contributed by atoms with E-state index in [0.717, 1.165) is 24.1 Å². The first kappa shape index (κ1) is 20.8. The SMILES string of the molecule is CNc1ncnc(C(=O)N[C@H](C)c2cc(-c3nc4nc(C5(C)CC5)ccc4[nH]3)no2)c1NN. The van der Waals surface area contributed by atoms with Crippen molar-refractivity contribution in [3.63, 3.8) is 0 Å². The number of nitrogens with two attached hydrogens (primary N) is 1. The standard InChI is InChI=1S/C21H24N10O2/c1-10(26-20(32)16-15(30-22)19(23-3)25-9-24-16)13-8-12(31-33-13)18-27-11-4-5-14(21(2)6-7-21)28-17(11)29-18/h4-5,8-10,30H,6-7,22H2,1-3H3,(H,26,32)(H,23,24,25)(H,27,28,29)/t10-/m1/s1. The molecule has 0 unspecified atom stereocenters. The Balaban J connectivity index is 1.35. The largest absolute Gasteiger partial charge is 0.371 e. The smallest absolute Gasteiger partial charge is 0.272 e. The zero-order valence-electron chi connectivity index (χ0n) is 18.4. The predicted octanol–water partition coefficient (Wildman–Crippen LogP) is 2.27. The van der Waals surface area contributed by atoms with Crippen molar-refractivity contribution in [2.24, 2.45) is 5.84 Å². The highest BCUT2D eigenvalue weighted by Gasteiger charge is 2.40. The van der Waals surface area contributed by atoms with Gasteiger partial charge in [0.2, 0.25) is 0 Å². The van der Waals surface area contributed by atoms with Crippen LogP contribution in [-0.4, -0.2) is 43.0 Å². The third-order valence-electron chi connectivity index (χ3n) is 5.95. The molecule has 1 amide bonds. The second kappa shape index (κ2) is 7.81. The number of hydrazine groups is 1. The third kappa shape index (κ3) is 3.74. The van der Waals surface area contributed by atoms with Crippen molar-refractivity contribution in [1.29, 1.82) is 0 Å². The van der Waals surface area contributed by atoms with Crippen LogP contribution >= 0.6 is 0 Å². The first-order chi connectivity index (χ1) is 15.9. The van der Waals surface area contributed by atoms with Gasteiger partial charge in [0.25, 0.3) is 5.91 Å². The molecule has 4 heterocycles. The van der Waals surface area contributed by atoms with Gasteiger partial charge in [0.05, 0.1) is 11.6 Å². The maximum absolute atomic E-state index is 12.8. The maximum atomic E-state index is 12.8. The average Bonchev–Trinajstić information content (AvgIpc) is 3.23. The highest BCUT2D eigenvalue weighted by Crippen LogP contribution is 2.46. The summed E-state index contributed by atoms with van der Waals surface area (Å²) in [6.07, 6.45) is 3.57. The number of pyridine rings is 1. The lowest BCUT2D eigenvalue weighted by Gasteiger charge is -2.14. The summed E-state index contributed by atoms with van der Waals surface area (Å²) in [5.41, 5.74) is 6.07. The highest BCUT2D eigenvalue weighted by atomic mass is 16.5. The van der Waals surface area contributed by atoms with Crippen molar-refractivity contribution in [3.8, 4) is 11.5 Å². The second-order valence-electron chi connectivity index (χ2n) is 8.36. The molecule has 1 saturated carbocycles. The molecule has 1 atom stereocenters. The average molecular weight is 448 g/mol. The van der Waals surface area contributed by atoms with Crippen LogP contribution in [0.25, 0.3) is 22.7 Å². The van der Waals surface area contributed by atoms with Crippen LogP contribution in [0.2, 0.25) is 0 Å². The van der Waals surface area contributed by atoms with Gasteiger partial charge in [-0.1, -0.05) is 12.1 Å². The van der Waals surface area contributed by atoms with E-state index in [-0.39, 0.29) is 16.8 Å². The molecule has 12 heteroatoms. The minimum absolute atomic E-state index is 0.104. The molecule has 4 aromatic heterocycles. The van der Waals surface area contributed by atoms with E-state index in [9.17, 15) is 4.79 Å². The number of nitrogens with one attached hydrogen (secondary N) is 4. The maximum Gasteiger partial charge on any atom is 0.272 e. The highest BCUT2D eigenvalue weighted by molar-refractivity contribution is 5.99. The molecule has 0 aliphatic heterocycles. The molecule has 33 heavy (non-hydrogen) atoms. The molecule has 6 N–H and O–H groups in total. The van der Waals surface area contributed by atoms with E-state index in [2.05, 4.69) is 48.1 Å². The fourth-order valence-electron chi connectivity index (χ4n) is 3.62. The number of hydrogen-bond donors (Lipinski definition) is 5. The number of rotatable bonds is 7. The summed E-state index contributed by atoms with van der Waals surface area (Å²) in [5, 5.41) is 9.80. The van der Waals surface area contributed by atoms with E-state index in [4.69, 9.17) is 15.3 Å². The summed E-state index contributed by atoms with van der Waals surface area (Å²) >= 11 is 0. The molecule has 1 fully saturated rings. The molecule has 1 aliphatic carbocycles. The number of aromatic amines is 1. The Hall–Kier alpha value is -4.06. The second-order valence-corrected chi connectivity index (χ2v) is 8.36. The summed E-state index contributed by atoms with van der Waals surface area (Å²) in [6.45, 7) is 3.99. The summed E-state index contributed by atoms with van der Waals surface area (Å²) < 4.78 is 5.47. The summed E-state index contributed by atoms with van der Waals surface area (Å²) in [6, 6.07) is 5.28. The van der Waals surface area contributed by atoms with Gasteiger partial charge < -0.3 is 25.6 Å². The minimum Gasteiger partial charge on any atom is -0.371 e. The van der Waals surface area contributed by atoms with Crippen LogP contribution < -0.4 is 21.9 Å². The third-order valence-corrected chi connectivity index (χ3v) is 5.95. The zero-order chi connectivity index (χ0) is 23.2. The number of carbonyl (C=O) groups excluding carboxylic acids is 1. The molecule has 0 bridgehead atoms. The van der Waals surface area contributed by atoms with Gasteiger partial charge in [-0.3, -0.25) is 10.6 Å². The topological polar surface area (TPSA) is 173 Å². The van der Waals surface area contributed by atoms with Crippen LogP contribution in [0.5, 0.6) is 0 Å². The Kier molecular flexibility index (Phi) is 4.93. The van der Waals surface area contributed by atoms with E-state index in [1.54, 1.807) is 20.0 Å². The van der Waals surface area contributed by atoms with Crippen molar-refractivity contribution in [2.45, 2.75) is 38.1 Å². The van der Waals surface area contributed by atoms with Crippen LogP contribution in [0.4, 0.5) is 11.5 Å². The number of H-pyrrole nitrogens is 1. The lowest BCUT2D eigenvalue weighted by Crippen LogP contribution is -2.29. The van der Waals surface area contributed by atoms with Crippen LogP contribution in [0.3, 0.4) is 0 Å². The molecule has 1 aliphatic rings. The van der Waals surface area contributed by atoms with E-state index in [1.807, 2.05) is 12.1 Å². The van der Waals surface area contributed by atoms with Crippen LogP contribution in [0, 0.1) is 0 Å². The van der Waals surface area contributed by atoms with Crippen molar-refractivity contribution in [1.82, 2.24) is 35.4 Å². The molecule has 0 aromatic carbocycles. The first-order valence-electron chi connectivity index (χ1n) is 10.6. The lowest BCUT2D eigenvalue weighted by molar-refractivity contribution is 0.0929. The van der Waals surface area contributed by atoms with Gasteiger partial charge >= 0.3 is 0 Å². The van der Waals surface area contributed by atoms with E-state index in [1.165, 1.54) is 6.33 Å². The normalized spacial score (nSPS) is 15.3. The lowest BCUT2D eigenvalue weighted by atomic mass is 10.1. The van der Waals surface area contributed by atoms with Crippen LogP contribution in [-0.2, 0) is 5.41 Å². The minimum atomic E-state index is -0.485. The van der Waals surface area contributed by atoms with E-state index >= 15 is 0 Å².